The van der Waals surface area contributed by atoms with Gasteiger partial charge in [0, 0.05) is 16.6 Å². The fourth-order valence-electron chi connectivity index (χ4n) is 5.18. The molecule has 0 radical (unpaired) electrons. The minimum atomic E-state index is -2.34. The van der Waals surface area contributed by atoms with Crippen LogP contribution in [0.1, 0.15) is 32.1 Å². The third kappa shape index (κ3) is 2.56. The summed E-state index contributed by atoms with van der Waals surface area (Å²) >= 11 is 0.613. The fourth-order valence-corrected chi connectivity index (χ4v) is 5.68. The molecule has 114 valence electrons. The van der Waals surface area contributed by atoms with Crippen molar-refractivity contribution in [1.82, 2.24) is 0 Å². The Morgan fingerprint density at radius 1 is 1.00 bits per heavy atom. The molecule has 1 aromatic carbocycles. The van der Waals surface area contributed by atoms with Gasteiger partial charge in [0.2, 0.25) is 0 Å². The Morgan fingerprint density at radius 2 is 1.76 bits per heavy atom. The van der Waals surface area contributed by atoms with Crippen molar-refractivity contribution >= 4 is 17.4 Å². The van der Waals surface area contributed by atoms with Gasteiger partial charge in [-0.2, -0.15) is 8.78 Å². The molecule has 0 heterocycles. The molecular formula is C17H21F2NS. The first kappa shape index (κ1) is 13.9. The van der Waals surface area contributed by atoms with Gasteiger partial charge in [-0.05, 0) is 73.6 Å². The molecule has 4 rings (SSSR count). The van der Waals surface area contributed by atoms with E-state index in [9.17, 15) is 8.78 Å². The molecule has 3 aliphatic carbocycles. The molecule has 0 saturated heterocycles. The first-order valence-electron chi connectivity index (χ1n) is 8.02. The largest absolute Gasteiger partial charge is 0.382 e. The molecule has 21 heavy (non-hydrogen) atoms. The average molecular weight is 309 g/mol. The summed E-state index contributed by atoms with van der Waals surface area (Å²) in [6.45, 7) is 0. The number of benzene rings is 1. The summed E-state index contributed by atoms with van der Waals surface area (Å²) in [5.74, 6) is 1.41. The molecule has 5 atom stereocenters. The molecule has 3 aliphatic rings. The summed E-state index contributed by atoms with van der Waals surface area (Å²) in [4.78, 5) is 0.638. The third-order valence-corrected chi connectivity index (χ3v) is 6.58. The normalized spacial score (nSPS) is 37.2. The lowest BCUT2D eigenvalue weighted by molar-refractivity contribution is 0.243. The Balaban J connectivity index is 1.41. The molecule has 0 aromatic heterocycles. The molecule has 4 heteroatoms. The Kier molecular flexibility index (Phi) is 3.60. The van der Waals surface area contributed by atoms with Crippen LogP contribution in [0.25, 0.3) is 0 Å². The van der Waals surface area contributed by atoms with E-state index >= 15 is 0 Å². The van der Waals surface area contributed by atoms with E-state index in [0.29, 0.717) is 22.7 Å². The Hall–Kier alpha value is -0.770. The molecule has 0 spiro atoms. The van der Waals surface area contributed by atoms with Crippen molar-refractivity contribution in [3.05, 3.63) is 24.3 Å². The van der Waals surface area contributed by atoms with Crippen molar-refractivity contribution in [3.63, 3.8) is 0 Å². The number of anilines is 1. The summed E-state index contributed by atoms with van der Waals surface area (Å²) < 4.78 is 24.6. The van der Waals surface area contributed by atoms with Gasteiger partial charge in [0.05, 0.1) is 0 Å². The summed E-state index contributed by atoms with van der Waals surface area (Å²) in [6, 6.07) is 8.09. The summed E-state index contributed by atoms with van der Waals surface area (Å²) in [5.41, 5.74) is 1.08. The molecule has 5 unspecified atom stereocenters. The molecule has 2 bridgehead atoms. The predicted octanol–water partition coefficient (Wildman–Crippen LogP) is 5.24. The van der Waals surface area contributed by atoms with Crippen LogP contribution in [0.4, 0.5) is 14.5 Å². The van der Waals surface area contributed by atoms with Crippen molar-refractivity contribution in [2.75, 3.05) is 5.32 Å². The van der Waals surface area contributed by atoms with Gasteiger partial charge in [0.1, 0.15) is 0 Å². The van der Waals surface area contributed by atoms with Crippen LogP contribution in [0.3, 0.4) is 0 Å². The zero-order valence-corrected chi connectivity index (χ0v) is 12.8. The van der Waals surface area contributed by atoms with Gasteiger partial charge < -0.3 is 5.32 Å². The topological polar surface area (TPSA) is 12.0 Å². The molecule has 1 aromatic rings. The molecule has 0 aliphatic heterocycles. The van der Waals surface area contributed by atoms with E-state index in [2.05, 4.69) is 5.32 Å². The summed E-state index contributed by atoms with van der Waals surface area (Å²) in [6.07, 6.45) is 7.02. The van der Waals surface area contributed by atoms with Crippen LogP contribution in [0.2, 0.25) is 0 Å². The van der Waals surface area contributed by atoms with Crippen LogP contribution in [0.15, 0.2) is 29.2 Å². The van der Waals surface area contributed by atoms with Crippen LogP contribution in [-0.4, -0.2) is 11.8 Å². The number of halogens is 2. The maximum Gasteiger partial charge on any atom is 0.288 e. The predicted molar refractivity (Wildman–Crippen MR) is 82.8 cm³/mol. The smallest absolute Gasteiger partial charge is 0.288 e. The SMILES string of the molecule is FC(F)Sc1ccc(NC2CC3CC2C2CCCC32)cc1. The molecule has 1 N–H and O–H groups in total. The summed E-state index contributed by atoms with van der Waals surface area (Å²) in [7, 11) is 0. The standard InChI is InChI=1S/C17H21F2NS/c18-17(19)21-12-6-4-11(5-7-12)20-16-9-10-8-15(16)14-3-1-2-13(10)14/h4-7,10,13-17,20H,1-3,8-9H2. The van der Waals surface area contributed by atoms with E-state index in [1.165, 1.54) is 32.1 Å². The monoisotopic (exact) mass is 309 g/mol. The summed E-state index contributed by atoms with van der Waals surface area (Å²) in [5, 5.41) is 3.67. The number of thioether (sulfide) groups is 1. The number of nitrogens with one attached hydrogen (secondary N) is 1. The third-order valence-electron chi connectivity index (χ3n) is 5.86. The van der Waals surface area contributed by atoms with Gasteiger partial charge in [-0.25, -0.2) is 0 Å². The zero-order valence-electron chi connectivity index (χ0n) is 12.0. The minimum absolute atomic E-state index is 0.600. The lowest BCUT2D eigenvalue weighted by Gasteiger charge is -2.32. The van der Waals surface area contributed by atoms with Crippen LogP contribution in [0.5, 0.6) is 0 Å². The highest BCUT2D eigenvalue weighted by molar-refractivity contribution is 7.99. The molecule has 3 fully saturated rings. The zero-order chi connectivity index (χ0) is 14.4. The molecule has 1 nitrogen and oxygen atoms in total. The van der Waals surface area contributed by atoms with Crippen molar-refractivity contribution in [2.45, 2.75) is 48.8 Å². The Labute approximate surface area is 128 Å². The van der Waals surface area contributed by atoms with E-state index in [-0.39, 0.29) is 0 Å². The van der Waals surface area contributed by atoms with E-state index in [1.54, 1.807) is 12.1 Å². The second-order valence-corrected chi connectivity index (χ2v) is 7.87. The maximum absolute atomic E-state index is 12.3. The second-order valence-electron chi connectivity index (χ2n) is 6.81. The first-order chi connectivity index (χ1) is 10.2. The van der Waals surface area contributed by atoms with Crippen molar-refractivity contribution in [3.8, 4) is 0 Å². The van der Waals surface area contributed by atoms with E-state index in [1.807, 2.05) is 12.1 Å². The van der Waals surface area contributed by atoms with Crippen molar-refractivity contribution in [2.24, 2.45) is 23.7 Å². The second kappa shape index (κ2) is 5.45. The number of rotatable bonds is 4. The number of hydrogen-bond acceptors (Lipinski definition) is 2. The highest BCUT2D eigenvalue weighted by Gasteiger charge is 2.53. The molecule has 3 saturated carbocycles. The molecule has 0 amide bonds. The average Bonchev–Trinajstić information content (AvgIpc) is 3.12. The van der Waals surface area contributed by atoms with Gasteiger partial charge in [-0.3, -0.25) is 0 Å². The highest BCUT2D eigenvalue weighted by atomic mass is 32.2. The fraction of sp³-hybridized carbons (Fsp3) is 0.647. The van der Waals surface area contributed by atoms with Crippen LogP contribution < -0.4 is 5.32 Å². The maximum atomic E-state index is 12.3. The van der Waals surface area contributed by atoms with E-state index in [0.717, 1.165) is 29.4 Å². The van der Waals surface area contributed by atoms with Gasteiger partial charge in [-0.15, -0.1) is 0 Å². The van der Waals surface area contributed by atoms with E-state index < -0.39 is 5.76 Å². The van der Waals surface area contributed by atoms with Crippen LogP contribution in [-0.2, 0) is 0 Å². The van der Waals surface area contributed by atoms with E-state index in [4.69, 9.17) is 0 Å². The first-order valence-corrected chi connectivity index (χ1v) is 8.90. The molecular weight excluding hydrogens is 288 g/mol. The minimum Gasteiger partial charge on any atom is -0.382 e. The Morgan fingerprint density at radius 3 is 2.52 bits per heavy atom. The van der Waals surface area contributed by atoms with Crippen molar-refractivity contribution < 1.29 is 8.78 Å². The lowest BCUT2D eigenvalue weighted by atomic mass is 9.79. The highest BCUT2D eigenvalue weighted by Crippen LogP contribution is 2.59. The number of alkyl halides is 2. The van der Waals surface area contributed by atoms with Gasteiger partial charge in [-0.1, -0.05) is 18.2 Å². The van der Waals surface area contributed by atoms with Gasteiger partial charge in [0.25, 0.3) is 5.76 Å². The van der Waals surface area contributed by atoms with Crippen molar-refractivity contribution in [1.29, 1.82) is 0 Å². The van der Waals surface area contributed by atoms with Crippen LogP contribution >= 0.6 is 11.8 Å². The quantitative estimate of drug-likeness (QED) is 0.764. The number of hydrogen-bond donors (Lipinski definition) is 1. The number of fused-ring (bicyclic) bond motifs is 5. The van der Waals surface area contributed by atoms with Gasteiger partial charge >= 0.3 is 0 Å². The Bertz CT molecular complexity index is 504. The van der Waals surface area contributed by atoms with Crippen LogP contribution in [0, 0.1) is 23.7 Å². The van der Waals surface area contributed by atoms with Gasteiger partial charge in [0.15, 0.2) is 0 Å². The lowest BCUT2D eigenvalue weighted by Crippen LogP contribution is -2.33.